The van der Waals surface area contributed by atoms with E-state index in [0.717, 1.165) is 13.2 Å². The van der Waals surface area contributed by atoms with Crippen LogP contribution in [0.5, 0.6) is 0 Å². The third-order valence-electron chi connectivity index (χ3n) is 2.49. The number of ether oxygens (including phenoxy) is 1. The topological polar surface area (TPSA) is 14.2 Å². The summed E-state index contributed by atoms with van der Waals surface area (Å²) in [5.41, 5.74) is 2.58. The number of hydrogen-bond donors (Lipinski definition) is 0. The molecule has 0 fully saturated rings. The van der Waals surface area contributed by atoms with Crippen molar-refractivity contribution in [2.45, 2.75) is 13.5 Å². The molecule has 0 unspecified atom stereocenters. The summed E-state index contributed by atoms with van der Waals surface area (Å²) >= 11 is 1.78. The molecule has 0 aliphatic carbocycles. The van der Waals surface area contributed by atoms with Crippen LogP contribution in [-0.2, 0) is 11.3 Å². The summed E-state index contributed by atoms with van der Waals surface area (Å²) < 4.78 is 7.43. The van der Waals surface area contributed by atoms with E-state index in [-0.39, 0.29) is 0 Å². The van der Waals surface area contributed by atoms with E-state index in [1.165, 1.54) is 16.3 Å². The maximum absolute atomic E-state index is 5.13. The summed E-state index contributed by atoms with van der Waals surface area (Å²) in [7, 11) is 1.74. The van der Waals surface area contributed by atoms with Gasteiger partial charge < -0.3 is 9.30 Å². The Kier molecular flexibility index (Phi) is 3.23. The summed E-state index contributed by atoms with van der Waals surface area (Å²) in [6, 6.07) is 8.58. The van der Waals surface area contributed by atoms with Gasteiger partial charge in [-0.1, -0.05) is 6.07 Å². The monoisotopic (exact) mass is 221 g/mol. The number of aryl methyl sites for hydroxylation is 1. The standard InChI is InChI=1S/C12H15NOS/c1-10-5-6-11(12-4-3-9-15-12)13(10)7-8-14-2/h3-6,9H,7-8H2,1-2H3. The molecule has 0 atom stereocenters. The predicted octanol–water partition coefficient (Wildman–Crippen LogP) is 3.17. The largest absolute Gasteiger partial charge is 0.383 e. The minimum Gasteiger partial charge on any atom is -0.383 e. The third-order valence-corrected chi connectivity index (χ3v) is 3.38. The number of rotatable bonds is 4. The molecule has 0 radical (unpaired) electrons. The highest BCUT2D eigenvalue weighted by molar-refractivity contribution is 7.13. The molecule has 0 aliphatic heterocycles. The fraction of sp³-hybridized carbons (Fsp3) is 0.333. The molecule has 2 rings (SSSR count). The number of methoxy groups -OCH3 is 1. The second-order valence-electron chi connectivity index (χ2n) is 3.48. The highest BCUT2D eigenvalue weighted by atomic mass is 32.1. The Morgan fingerprint density at radius 1 is 1.33 bits per heavy atom. The fourth-order valence-electron chi connectivity index (χ4n) is 1.69. The average Bonchev–Trinajstić information content (AvgIpc) is 2.84. The van der Waals surface area contributed by atoms with E-state index in [2.05, 4.69) is 41.1 Å². The Morgan fingerprint density at radius 2 is 2.20 bits per heavy atom. The molecule has 0 spiro atoms. The van der Waals surface area contributed by atoms with E-state index in [0.29, 0.717) is 0 Å². The molecule has 3 heteroatoms. The van der Waals surface area contributed by atoms with Crippen molar-refractivity contribution in [3.63, 3.8) is 0 Å². The molecule has 0 saturated carbocycles. The maximum atomic E-state index is 5.13. The first-order valence-electron chi connectivity index (χ1n) is 5.02. The van der Waals surface area contributed by atoms with Crippen LogP contribution in [0.4, 0.5) is 0 Å². The number of thiophene rings is 1. The van der Waals surface area contributed by atoms with Crippen LogP contribution in [0.2, 0.25) is 0 Å². The lowest BCUT2D eigenvalue weighted by atomic mass is 10.3. The number of nitrogens with zero attached hydrogens (tertiary/aromatic N) is 1. The van der Waals surface area contributed by atoms with Crippen LogP contribution < -0.4 is 0 Å². The van der Waals surface area contributed by atoms with E-state index >= 15 is 0 Å². The van der Waals surface area contributed by atoms with Crippen LogP contribution in [0.25, 0.3) is 10.6 Å². The van der Waals surface area contributed by atoms with E-state index in [1.54, 1.807) is 18.4 Å². The number of hydrogen-bond acceptors (Lipinski definition) is 2. The molecule has 2 aromatic heterocycles. The van der Waals surface area contributed by atoms with Crippen molar-refractivity contribution in [2.75, 3.05) is 13.7 Å². The van der Waals surface area contributed by atoms with Gasteiger partial charge in [-0.3, -0.25) is 0 Å². The molecule has 0 aliphatic rings. The van der Waals surface area contributed by atoms with Gasteiger partial charge in [0.1, 0.15) is 0 Å². The van der Waals surface area contributed by atoms with Crippen LogP contribution in [0.1, 0.15) is 5.69 Å². The van der Waals surface area contributed by atoms with Gasteiger partial charge in [-0.05, 0) is 30.5 Å². The van der Waals surface area contributed by atoms with Gasteiger partial charge in [-0.2, -0.15) is 0 Å². The van der Waals surface area contributed by atoms with Crippen molar-refractivity contribution in [1.82, 2.24) is 4.57 Å². The normalized spacial score (nSPS) is 10.8. The average molecular weight is 221 g/mol. The fourth-order valence-corrected chi connectivity index (χ4v) is 2.45. The molecule has 2 heterocycles. The molecule has 0 saturated heterocycles. The van der Waals surface area contributed by atoms with Gasteiger partial charge in [0.05, 0.1) is 17.2 Å². The maximum Gasteiger partial charge on any atom is 0.0642 e. The minimum absolute atomic E-state index is 0.758. The predicted molar refractivity (Wildman–Crippen MR) is 64.4 cm³/mol. The lowest BCUT2D eigenvalue weighted by Crippen LogP contribution is -2.06. The van der Waals surface area contributed by atoms with Crippen LogP contribution in [-0.4, -0.2) is 18.3 Å². The zero-order valence-electron chi connectivity index (χ0n) is 9.06. The van der Waals surface area contributed by atoms with Gasteiger partial charge in [0.15, 0.2) is 0 Å². The Morgan fingerprint density at radius 3 is 2.87 bits per heavy atom. The van der Waals surface area contributed by atoms with Crippen molar-refractivity contribution in [2.24, 2.45) is 0 Å². The van der Waals surface area contributed by atoms with E-state index in [4.69, 9.17) is 4.74 Å². The molecule has 80 valence electrons. The Labute approximate surface area is 94.1 Å². The van der Waals surface area contributed by atoms with Crippen LogP contribution in [0.15, 0.2) is 29.6 Å². The van der Waals surface area contributed by atoms with Crippen molar-refractivity contribution < 1.29 is 4.74 Å². The first kappa shape index (κ1) is 10.5. The van der Waals surface area contributed by atoms with Gasteiger partial charge in [0.2, 0.25) is 0 Å². The molecule has 0 bridgehead atoms. The zero-order chi connectivity index (χ0) is 10.7. The molecule has 2 aromatic rings. The van der Waals surface area contributed by atoms with Crippen molar-refractivity contribution in [3.8, 4) is 10.6 Å². The molecular formula is C12H15NOS. The van der Waals surface area contributed by atoms with E-state index in [9.17, 15) is 0 Å². The van der Waals surface area contributed by atoms with Gasteiger partial charge >= 0.3 is 0 Å². The Hall–Kier alpha value is -1.06. The number of aromatic nitrogens is 1. The Bertz CT molecular complexity index is 417. The van der Waals surface area contributed by atoms with Gasteiger partial charge in [-0.25, -0.2) is 0 Å². The van der Waals surface area contributed by atoms with E-state index in [1.807, 2.05) is 0 Å². The van der Waals surface area contributed by atoms with Crippen LogP contribution in [0, 0.1) is 6.92 Å². The van der Waals surface area contributed by atoms with Crippen molar-refractivity contribution in [1.29, 1.82) is 0 Å². The first-order chi connectivity index (χ1) is 7.33. The molecule has 0 amide bonds. The lowest BCUT2D eigenvalue weighted by molar-refractivity contribution is 0.187. The molecular weight excluding hydrogens is 206 g/mol. The molecule has 0 aromatic carbocycles. The van der Waals surface area contributed by atoms with Crippen molar-refractivity contribution >= 4 is 11.3 Å². The summed E-state index contributed by atoms with van der Waals surface area (Å²) in [5.74, 6) is 0. The van der Waals surface area contributed by atoms with Gasteiger partial charge in [0.25, 0.3) is 0 Å². The van der Waals surface area contributed by atoms with Crippen LogP contribution >= 0.6 is 11.3 Å². The smallest absolute Gasteiger partial charge is 0.0642 e. The zero-order valence-corrected chi connectivity index (χ0v) is 9.88. The summed E-state index contributed by atoms with van der Waals surface area (Å²) in [6.07, 6.45) is 0. The minimum atomic E-state index is 0.758. The first-order valence-corrected chi connectivity index (χ1v) is 5.90. The highest BCUT2D eigenvalue weighted by Gasteiger charge is 2.07. The second kappa shape index (κ2) is 4.64. The third kappa shape index (κ3) is 2.13. The molecule has 0 N–H and O–H groups in total. The summed E-state index contributed by atoms with van der Waals surface area (Å²) in [5, 5.41) is 2.11. The quantitative estimate of drug-likeness (QED) is 0.773. The van der Waals surface area contributed by atoms with Crippen LogP contribution in [0.3, 0.4) is 0 Å². The summed E-state index contributed by atoms with van der Waals surface area (Å²) in [6.45, 7) is 3.81. The molecule has 2 nitrogen and oxygen atoms in total. The lowest BCUT2D eigenvalue weighted by Gasteiger charge is -2.09. The Balaban J connectivity index is 2.31. The SMILES string of the molecule is COCCn1c(C)ccc1-c1cccs1. The van der Waals surface area contributed by atoms with Crippen molar-refractivity contribution in [3.05, 3.63) is 35.3 Å². The van der Waals surface area contributed by atoms with E-state index < -0.39 is 0 Å². The van der Waals surface area contributed by atoms with Gasteiger partial charge in [0, 0.05) is 19.3 Å². The van der Waals surface area contributed by atoms with Gasteiger partial charge in [-0.15, -0.1) is 11.3 Å². The summed E-state index contributed by atoms with van der Waals surface area (Å²) in [4.78, 5) is 1.32. The highest BCUT2D eigenvalue weighted by Crippen LogP contribution is 2.26. The second-order valence-corrected chi connectivity index (χ2v) is 4.43. The molecule has 15 heavy (non-hydrogen) atoms.